The molecule has 0 radical (unpaired) electrons. The molecular weight excluding hydrogens is 594 g/mol. The molecule has 11 heteroatoms. The minimum absolute atomic E-state index is 0.110. The average molecular weight is 633 g/mol. The molecule has 9 nitrogen and oxygen atoms in total. The summed E-state index contributed by atoms with van der Waals surface area (Å²) in [4.78, 5) is 64.4. The fraction of sp³-hybridized carbons (Fsp3) is 0.343. The van der Waals surface area contributed by atoms with E-state index in [1.54, 1.807) is 13.1 Å². The van der Waals surface area contributed by atoms with Crippen molar-refractivity contribution in [2.75, 3.05) is 13.6 Å². The standard InChI is InChI=1S/C35H38F2N4O5/c1-22(38-31(43)21-41-32(44)13-14-33(41)45)34(46)39(5)23(2)30(42)18-35(3,4)17-27-15-25(28-16-26(36)11-12-29(28)37)20-40(27)19-24-9-7-6-8-10-24/h6-16,20,22-23H,17-19,21H2,1-5H3,(H,38,43)/t22-,23-/m0/s1. The minimum Gasteiger partial charge on any atom is -0.346 e. The zero-order chi connectivity index (χ0) is 33.8. The Labute approximate surface area is 266 Å². The molecule has 1 aliphatic rings. The molecule has 0 fully saturated rings. The number of nitrogens with one attached hydrogen (secondary N) is 1. The molecule has 46 heavy (non-hydrogen) atoms. The molecule has 242 valence electrons. The highest BCUT2D eigenvalue weighted by Gasteiger charge is 2.32. The van der Waals surface area contributed by atoms with Crippen molar-refractivity contribution < 1.29 is 32.8 Å². The first-order valence-electron chi connectivity index (χ1n) is 15.0. The number of amides is 4. The Morgan fingerprint density at radius 2 is 1.61 bits per heavy atom. The Balaban J connectivity index is 1.43. The maximum Gasteiger partial charge on any atom is 0.254 e. The predicted molar refractivity (Wildman–Crippen MR) is 168 cm³/mol. The molecule has 1 aliphatic heterocycles. The molecule has 0 saturated heterocycles. The molecule has 0 spiro atoms. The third kappa shape index (κ3) is 8.21. The highest BCUT2D eigenvalue weighted by molar-refractivity contribution is 6.14. The Morgan fingerprint density at radius 1 is 0.957 bits per heavy atom. The van der Waals surface area contributed by atoms with Gasteiger partial charge < -0.3 is 14.8 Å². The summed E-state index contributed by atoms with van der Waals surface area (Å²) >= 11 is 0. The van der Waals surface area contributed by atoms with Crippen LogP contribution in [0.4, 0.5) is 8.78 Å². The van der Waals surface area contributed by atoms with Gasteiger partial charge in [-0.05, 0) is 55.5 Å². The number of likely N-dealkylation sites (N-methyl/N-ethyl adjacent to an activating group) is 1. The van der Waals surface area contributed by atoms with Gasteiger partial charge in [0.2, 0.25) is 11.8 Å². The highest BCUT2D eigenvalue weighted by atomic mass is 19.1. The molecule has 4 rings (SSSR count). The second-order valence-corrected chi connectivity index (χ2v) is 12.5. The van der Waals surface area contributed by atoms with E-state index in [9.17, 15) is 32.8 Å². The summed E-state index contributed by atoms with van der Waals surface area (Å²) in [5.74, 6) is -3.70. The fourth-order valence-corrected chi connectivity index (χ4v) is 5.46. The largest absolute Gasteiger partial charge is 0.346 e. The van der Waals surface area contributed by atoms with E-state index in [0.717, 1.165) is 46.5 Å². The van der Waals surface area contributed by atoms with Crippen molar-refractivity contribution in [2.45, 2.75) is 59.2 Å². The number of carbonyl (C=O) groups excluding carboxylic acids is 5. The van der Waals surface area contributed by atoms with Gasteiger partial charge in [0.1, 0.15) is 24.2 Å². The minimum atomic E-state index is -1.01. The van der Waals surface area contributed by atoms with Crippen LogP contribution in [0.3, 0.4) is 0 Å². The van der Waals surface area contributed by atoms with Crippen molar-refractivity contribution in [2.24, 2.45) is 5.41 Å². The van der Waals surface area contributed by atoms with E-state index in [1.165, 1.54) is 18.9 Å². The number of aromatic nitrogens is 1. The van der Waals surface area contributed by atoms with Gasteiger partial charge in [0.15, 0.2) is 5.78 Å². The van der Waals surface area contributed by atoms with Gasteiger partial charge in [-0.2, -0.15) is 0 Å². The van der Waals surface area contributed by atoms with Crippen molar-refractivity contribution in [3.05, 3.63) is 95.8 Å². The third-order valence-electron chi connectivity index (χ3n) is 8.08. The van der Waals surface area contributed by atoms with Gasteiger partial charge in [0.25, 0.3) is 11.8 Å². The van der Waals surface area contributed by atoms with E-state index in [-0.39, 0.29) is 17.8 Å². The van der Waals surface area contributed by atoms with Crippen molar-refractivity contribution >= 4 is 29.4 Å². The number of hydrogen-bond acceptors (Lipinski definition) is 5. The van der Waals surface area contributed by atoms with Crippen LogP contribution in [0, 0.1) is 17.0 Å². The van der Waals surface area contributed by atoms with E-state index >= 15 is 0 Å². The second kappa shape index (κ2) is 14.0. The molecule has 0 aliphatic carbocycles. The second-order valence-electron chi connectivity index (χ2n) is 12.5. The van der Waals surface area contributed by atoms with Gasteiger partial charge >= 0.3 is 0 Å². The first kappa shape index (κ1) is 34.0. The lowest BCUT2D eigenvalue weighted by molar-refractivity contribution is -0.143. The molecule has 1 aromatic heterocycles. The maximum absolute atomic E-state index is 14.7. The molecular formula is C35H38F2N4O5. The van der Waals surface area contributed by atoms with Gasteiger partial charge in [0.05, 0.1) is 6.04 Å². The summed E-state index contributed by atoms with van der Waals surface area (Å²) in [6.45, 7) is 6.91. The van der Waals surface area contributed by atoms with Crippen LogP contribution in [0.2, 0.25) is 0 Å². The molecule has 3 aromatic rings. The molecule has 4 amide bonds. The van der Waals surface area contributed by atoms with Gasteiger partial charge in [-0.1, -0.05) is 44.2 Å². The van der Waals surface area contributed by atoms with E-state index in [0.29, 0.717) is 18.5 Å². The fourth-order valence-electron chi connectivity index (χ4n) is 5.46. The number of benzene rings is 2. The molecule has 1 N–H and O–H groups in total. The van der Waals surface area contributed by atoms with Gasteiger partial charge in [-0.3, -0.25) is 28.9 Å². The zero-order valence-corrected chi connectivity index (χ0v) is 26.6. The summed E-state index contributed by atoms with van der Waals surface area (Å²) in [6, 6.07) is 13.0. The van der Waals surface area contributed by atoms with Crippen LogP contribution in [0.5, 0.6) is 0 Å². The van der Waals surface area contributed by atoms with Crippen LogP contribution in [0.1, 0.15) is 45.4 Å². The number of imide groups is 1. The Morgan fingerprint density at radius 3 is 2.26 bits per heavy atom. The monoisotopic (exact) mass is 632 g/mol. The van der Waals surface area contributed by atoms with Crippen LogP contribution in [-0.2, 0) is 36.9 Å². The van der Waals surface area contributed by atoms with Crippen molar-refractivity contribution in [1.29, 1.82) is 0 Å². The summed E-state index contributed by atoms with van der Waals surface area (Å²) in [6.07, 6.45) is 4.46. The normalized spacial score (nSPS) is 14.4. The average Bonchev–Trinajstić information content (AvgIpc) is 3.53. The van der Waals surface area contributed by atoms with E-state index in [1.807, 2.05) is 54.8 Å². The molecule has 0 saturated carbocycles. The van der Waals surface area contributed by atoms with Crippen molar-refractivity contribution in [3.63, 3.8) is 0 Å². The summed E-state index contributed by atoms with van der Waals surface area (Å²) < 4.78 is 30.7. The lowest BCUT2D eigenvalue weighted by atomic mass is 9.81. The van der Waals surface area contributed by atoms with Crippen molar-refractivity contribution in [3.8, 4) is 11.1 Å². The van der Waals surface area contributed by atoms with Crippen LogP contribution in [0.15, 0.2) is 72.9 Å². The quantitative estimate of drug-likeness (QED) is 0.283. The van der Waals surface area contributed by atoms with Gasteiger partial charge in [-0.25, -0.2) is 8.78 Å². The number of Topliss-reactive ketones (excluding diaryl/α,β-unsaturated/α-hetero) is 1. The van der Waals surface area contributed by atoms with E-state index < -0.39 is 59.3 Å². The molecule has 0 bridgehead atoms. The summed E-state index contributed by atoms with van der Waals surface area (Å²) in [7, 11) is 1.48. The lowest BCUT2D eigenvalue weighted by Gasteiger charge is -2.31. The molecule has 2 heterocycles. The van der Waals surface area contributed by atoms with E-state index in [2.05, 4.69) is 5.32 Å². The smallest absolute Gasteiger partial charge is 0.254 e. The number of ketones is 1. The first-order chi connectivity index (χ1) is 21.6. The van der Waals surface area contributed by atoms with Gasteiger partial charge in [0, 0.05) is 55.2 Å². The Kier molecular flexibility index (Phi) is 10.3. The number of rotatable bonds is 13. The van der Waals surface area contributed by atoms with Crippen LogP contribution in [-0.4, -0.2) is 69.5 Å². The number of carbonyl (C=O) groups is 5. The Bertz CT molecular complexity index is 1660. The number of halogens is 2. The van der Waals surface area contributed by atoms with Crippen LogP contribution < -0.4 is 5.32 Å². The SMILES string of the molecule is C[C@H](NC(=O)CN1C(=O)C=CC1=O)C(=O)N(C)[C@@H](C)C(=O)CC(C)(C)Cc1cc(-c2cc(F)ccc2F)cn1Cc1ccccc1. The molecule has 0 unspecified atom stereocenters. The topological polar surface area (TPSA) is 109 Å². The molecule has 2 aromatic carbocycles. The number of hydrogen-bond donors (Lipinski definition) is 1. The third-order valence-corrected chi connectivity index (χ3v) is 8.08. The van der Waals surface area contributed by atoms with Crippen molar-refractivity contribution in [1.82, 2.24) is 19.7 Å². The number of nitrogens with zero attached hydrogens (tertiary/aromatic N) is 3. The van der Waals surface area contributed by atoms with Gasteiger partial charge in [-0.15, -0.1) is 0 Å². The summed E-state index contributed by atoms with van der Waals surface area (Å²) in [5.41, 5.74) is 1.94. The molecule has 2 atom stereocenters. The lowest BCUT2D eigenvalue weighted by Crippen LogP contribution is -2.52. The first-order valence-corrected chi connectivity index (χ1v) is 15.0. The highest BCUT2D eigenvalue weighted by Crippen LogP contribution is 2.32. The summed E-state index contributed by atoms with van der Waals surface area (Å²) in [5, 5.41) is 2.48. The maximum atomic E-state index is 14.7. The van der Waals surface area contributed by atoms with Crippen LogP contribution in [0.25, 0.3) is 11.1 Å². The zero-order valence-electron chi connectivity index (χ0n) is 26.6. The Hall–Kier alpha value is -4.93. The van der Waals surface area contributed by atoms with E-state index in [4.69, 9.17) is 0 Å². The van der Waals surface area contributed by atoms with Crippen LogP contribution >= 0.6 is 0 Å². The predicted octanol–water partition coefficient (Wildman–Crippen LogP) is 4.29.